The fourth-order valence-electron chi connectivity index (χ4n) is 4.48. The van der Waals surface area contributed by atoms with Crippen LogP contribution in [-0.4, -0.2) is 28.9 Å². The highest BCUT2D eigenvalue weighted by Crippen LogP contribution is 2.42. The van der Waals surface area contributed by atoms with Crippen LogP contribution in [-0.2, 0) is 12.4 Å². The van der Waals surface area contributed by atoms with Crippen molar-refractivity contribution in [1.82, 2.24) is 4.98 Å². The lowest BCUT2D eigenvalue weighted by Gasteiger charge is -2.39. The van der Waals surface area contributed by atoms with E-state index in [1.807, 2.05) is 4.90 Å². The van der Waals surface area contributed by atoms with Gasteiger partial charge in [-0.1, -0.05) is 5.16 Å². The molecular formula is C23H23F6N3O2. The summed E-state index contributed by atoms with van der Waals surface area (Å²) in [5.74, 6) is 0.504. The van der Waals surface area contributed by atoms with Crippen LogP contribution in [0.15, 0.2) is 41.7 Å². The lowest BCUT2D eigenvalue weighted by molar-refractivity contribution is -0.138. The van der Waals surface area contributed by atoms with Crippen molar-refractivity contribution in [3.05, 3.63) is 47.7 Å². The van der Waals surface area contributed by atoms with E-state index in [2.05, 4.69) is 10.1 Å². The van der Waals surface area contributed by atoms with Gasteiger partial charge in [-0.3, -0.25) is 0 Å². The number of aromatic nitrogens is 1. The minimum absolute atomic E-state index is 0.00251. The zero-order valence-corrected chi connectivity index (χ0v) is 18.5. The molecule has 4 rings (SSSR count). The zero-order valence-electron chi connectivity index (χ0n) is 18.5. The van der Waals surface area contributed by atoms with Gasteiger partial charge in [-0.05, 0) is 57.0 Å². The fraction of sp³-hybridized carbons (Fsp3) is 0.478. The number of fused-ring (bicyclic) bond motifs is 2. The van der Waals surface area contributed by atoms with Gasteiger partial charge < -0.3 is 14.5 Å². The second-order valence-corrected chi connectivity index (χ2v) is 8.70. The number of pyridine rings is 1. The van der Waals surface area contributed by atoms with E-state index < -0.39 is 23.5 Å². The first kappa shape index (κ1) is 24.2. The van der Waals surface area contributed by atoms with Crippen LogP contribution in [0.4, 0.5) is 32.2 Å². The molecule has 2 unspecified atom stereocenters. The first-order valence-corrected chi connectivity index (χ1v) is 10.8. The van der Waals surface area contributed by atoms with Crippen LogP contribution >= 0.6 is 0 Å². The van der Waals surface area contributed by atoms with Gasteiger partial charge in [0.15, 0.2) is 11.5 Å². The number of halogens is 6. The monoisotopic (exact) mass is 487 g/mol. The van der Waals surface area contributed by atoms with Crippen LogP contribution in [0.5, 0.6) is 11.5 Å². The Morgan fingerprint density at radius 3 is 2.06 bits per heavy atom. The van der Waals surface area contributed by atoms with Crippen molar-refractivity contribution in [1.29, 1.82) is 0 Å². The Bertz CT molecular complexity index is 1030. The average molecular weight is 487 g/mol. The van der Waals surface area contributed by atoms with Gasteiger partial charge in [-0.2, -0.15) is 26.3 Å². The van der Waals surface area contributed by atoms with Crippen molar-refractivity contribution in [2.24, 2.45) is 5.16 Å². The summed E-state index contributed by atoms with van der Waals surface area (Å²) in [5.41, 5.74) is -1.15. The lowest BCUT2D eigenvalue weighted by Crippen LogP contribution is -2.46. The number of benzene rings is 1. The Kier molecular flexibility index (Phi) is 6.39. The van der Waals surface area contributed by atoms with Crippen molar-refractivity contribution in [2.75, 3.05) is 4.90 Å². The Hall–Kier alpha value is -2.98. The molecule has 0 amide bonds. The first-order valence-electron chi connectivity index (χ1n) is 10.8. The van der Waals surface area contributed by atoms with E-state index in [9.17, 15) is 26.3 Å². The Morgan fingerprint density at radius 1 is 0.912 bits per heavy atom. The van der Waals surface area contributed by atoms with E-state index in [0.29, 0.717) is 24.4 Å². The molecule has 11 heteroatoms. The van der Waals surface area contributed by atoms with Crippen LogP contribution in [0, 0.1) is 0 Å². The first-order chi connectivity index (χ1) is 15.9. The average Bonchev–Trinajstić information content (AvgIpc) is 3.02. The highest BCUT2D eigenvalue weighted by molar-refractivity contribution is 5.78. The molecular weight excluding hydrogens is 464 g/mol. The summed E-state index contributed by atoms with van der Waals surface area (Å²) in [6, 6.07) is 5.42. The molecule has 0 saturated carbocycles. The molecule has 1 aromatic heterocycles. The molecule has 0 radical (unpaired) electrons. The Labute approximate surface area is 192 Å². The number of nitrogens with zero attached hydrogens (tertiary/aromatic N) is 3. The SMILES string of the molecule is CC(C)=NOc1cc(C(F)(F)F)ccc1OC1CC2CC[C@H](C1)N2c1ccc(C(F)(F)F)cn1. The van der Waals surface area contributed by atoms with Crippen molar-refractivity contribution >= 4 is 11.5 Å². The molecule has 2 saturated heterocycles. The number of rotatable bonds is 5. The van der Waals surface area contributed by atoms with Crippen LogP contribution in [0.1, 0.15) is 50.7 Å². The maximum absolute atomic E-state index is 13.2. The van der Waals surface area contributed by atoms with Crippen molar-refractivity contribution < 1.29 is 35.9 Å². The summed E-state index contributed by atoms with van der Waals surface area (Å²) in [6.45, 7) is 3.30. The van der Waals surface area contributed by atoms with Crippen LogP contribution in [0.2, 0.25) is 0 Å². The topological polar surface area (TPSA) is 47.0 Å². The molecule has 5 nitrogen and oxygen atoms in total. The number of hydrogen-bond donors (Lipinski definition) is 0. The molecule has 3 heterocycles. The predicted molar refractivity (Wildman–Crippen MR) is 113 cm³/mol. The molecule has 2 fully saturated rings. The quantitative estimate of drug-likeness (QED) is 0.276. The minimum atomic E-state index is -4.54. The number of piperidine rings is 1. The molecule has 1 aromatic carbocycles. The second kappa shape index (κ2) is 8.99. The molecule has 2 aromatic rings. The maximum Gasteiger partial charge on any atom is 0.417 e. The fourth-order valence-corrected chi connectivity index (χ4v) is 4.48. The number of alkyl halides is 6. The third-order valence-electron chi connectivity index (χ3n) is 5.92. The van der Waals surface area contributed by atoms with E-state index in [-0.39, 0.29) is 29.7 Å². The van der Waals surface area contributed by atoms with Gasteiger partial charge in [0.1, 0.15) is 11.9 Å². The highest BCUT2D eigenvalue weighted by atomic mass is 19.4. The van der Waals surface area contributed by atoms with Crippen LogP contribution in [0.3, 0.4) is 0 Å². The van der Waals surface area contributed by atoms with Gasteiger partial charge in [-0.15, -0.1) is 0 Å². The summed E-state index contributed by atoms with van der Waals surface area (Å²) < 4.78 is 84.1. The van der Waals surface area contributed by atoms with Crippen molar-refractivity contribution in [2.45, 2.75) is 70.1 Å². The predicted octanol–water partition coefficient (Wildman–Crippen LogP) is 6.47. The molecule has 2 aliphatic rings. The van der Waals surface area contributed by atoms with E-state index in [0.717, 1.165) is 37.2 Å². The number of hydrogen-bond acceptors (Lipinski definition) is 5. The van der Waals surface area contributed by atoms with Crippen molar-refractivity contribution in [3.63, 3.8) is 0 Å². The lowest BCUT2D eigenvalue weighted by atomic mass is 9.99. The van der Waals surface area contributed by atoms with E-state index in [1.54, 1.807) is 13.8 Å². The van der Waals surface area contributed by atoms with Crippen LogP contribution < -0.4 is 14.5 Å². The summed E-state index contributed by atoms with van der Waals surface area (Å²) in [7, 11) is 0. The van der Waals surface area contributed by atoms with Gasteiger partial charge in [0.25, 0.3) is 0 Å². The van der Waals surface area contributed by atoms with Gasteiger partial charge in [0.05, 0.1) is 16.8 Å². The normalized spacial score (nSPS) is 22.5. The molecule has 2 aliphatic heterocycles. The van der Waals surface area contributed by atoms with Gasteiger partial charge in [0.2, 0.25) is 0 Å². The summed E-state index contributed by atoms with van der Waals surface area (Å²) in [6.07, 6.45) is -5.71. The van der Waals surface area contributed by atoms with Gasteiger partial charge >= 0.3 is 12.4 Å². The largest absolute Gasteiger partial charge is 0.486 e. The zero-order chi connectivity index (χ0) is 24.7. The number of ether oxygens (including phenoxy) is 1. The Morgan fingerprint density at radius 2 is 1.53 bits per heavy atom. The second-order valence-electron chi connectivity index (χ2n) is 8.70. The van der Waals surface area contributed by atoms with E-state index in [1.165, 1.54) is 12.1 Å². The third-order valence-corrected chi connectivity index (χ3v) is 5.92. The molecule has 3 atom stereocenters. The van der Waals surface area contributed by atoms with Crippen molar-refractivity contribution in [3.8, 4) is 11.5 Å². The molecule has 0 aliphatic carbocycles. The van der Waals surface area contributed by atoms with E-state index in [4.69, 9.17) is 9.57 Å². The van der Waals surface area contributed by atoms with E-state index >= 15 is 0 Å². The standard InChI is InChI=1S/C23H23F6N3O2/c1-13(2)31-34-20-9-14(22(24,25)26)3-7-19(20)33-18-10-16-5-6-17(11-18)32(16)21-8-4-15(12-30-21)23(27,28)29/h3-4,7-9,12,16-18H,5-6,10-11H2,1-2H3/t16-,17?,18?/m1/s1. The van der Waals surface area contributed by atoms with Crippen LogP contribution in [0.25, 0.3) is 0 Å². The maximum atomic E-state index is 13.2. The molecule has 0 N–H and O–H groups in total. The summed E-state index contributed by atoms with van der Waals surface area (Å²) in [5, 5.41) is 3.76. The summed E-state index contributed by atoms with van der Waals surface area (Å²) >= 11 is 0. The third kappa shape index (κ3) is 5.23. The summed E-state index contributed by atoms with van der Waals surface area (Å²) in [4.78, 5) is 11.3. The number of anilines is 1. The molecule has 2 bridgehead atoms. The number of oxime groups is 1. The molecule has 34 heavy (non-hydrogen) atoms. The van der Waals surface area contributed by atoms with Gasteiger partial charge in [-0.25, -0.2) is 4.98 Å². The Balaban J connectivity index is 1.50. The minimum Gasteiger partial charge on any atom is -0.486 e. The smallest absolute Gasteiger partial charge is 0.417 e. The molecule has 0 spiro atoms. The van der Waals surface area contributed by atoms with Gasteiger partial charge in [0, 0.05) is 31.1 Å². The molecule has 184 valence electrons. The highest BCUT2D eigenvalue weighted by Gasteiger charge is 2.43.